The number of hydrogen-bond donors (Lipinski definition) is 2. The number of nitrogens with one attached hydrogen (secondary N) is 1. The molecular formula is C15H20N4OS. The molecule has 0 unspecified atom stereocenters. The fraction of sp³-hybridized carbons (Fsp3) is 0.600. The maximum Gasteiger partial charge on any atom is 0.138 e. The van der Waals surface area contributed by atoms with E-state index in [2.05, 4.69) is 29.1 Å². The number of anilines is 1. The Morgan fingerprint density at radius 1 is 1.38 bits per heavy atom. The first kappa shape index (κ1) is 13.4. The van der Waals surface area contributed by atoms with Crippen molar-refractivity contribution in [2.75, 3.05) is 25.0 Å². The van der Waals surface area contributed by atoms with E-state index in [0.717, 1.165) is 36.6 Å². The molecule has 2 saturated heterocycles. The van der Waals surface area contributed by atoms with E-state index in [1.54, 1.807) is 17.7 Å². The molecule has 3 aliphatic rings. The van der Waals surface area contributed by atoms with Crippen LogP contribution in [0.25, 0.3) is 10.2 Å². The molecule has 1 saturated carbocycles. The van der Waals surface area contributed by atoms with Crippen LogP contribution in [-0.4, -0.2) is 35.3 Å². The maximum atomic E-state index is 5.88. The topological polar surface area (TPSA) is 73.1 Å². The van der Waals surface area contributed by atoms with Gasteiger partial charge in [-0.3, -0.25) is 0 Å². The molecule has 2 aromatic heterocycles. The van der Waals surface area contributed by atoms with E-state index in [9.17, 15) is 0 Å². The fourth-order valence-electron chi connectivity index (χ4n) is 3.79. The Morgan fingerprint density at radius 2 is 2.19 bits per heavy atom. The van der Waals surface area contributed by atoms with E-state index in [0.29, 0.717) is 6.54 Å². The highest BCUT2D eigenvalue weighted by molar-refractivity contribution is 7.18. The standard InChI is InChI=1S/C15H20N4OS/c1-9-10(2)21-13-11(9)12(18-8-19-13)17-6-14-3-15(4-14,5-16)20-7-14/h8H,3-7,16H2,1-2H3,(H,17,18,19). The lowest BCUT2D eigenvalue weighted by atomic mass is 9.62. The van der Waals surface area contributed by atoms with Crippen molar-refractivity contribution in [2.24, 2.45) is 11.1 Å². The number of hydrogen-bond acceptors (Lipinski definition) is 6. The summed E-state index contributed by atoms with van der Waals surface area (Å²) in [5, 5.41) is 4.70. The van der Waals surface area contributed by atoms with Crippen LogP contribution < -0.4 is 11.1 Å². The molecule has 2 bridgehead atoms. The molecule has 0 aromatic carbocycles. The molecule has 5 rings (SSSR count). The normalized spacial score (nSPS) is 30.6. The lowest BCUT2D eigenvalue weighted by Gasteiger charge is -2.44. The number of rotatable bonds is 4. The monoisotopic (exact) mass is 304 g/mol. The number of nitrogens with two attached hydrogens (primary N) is 1. The van der Waals surface area contributed by atoms with Gasteiger partial charge in [-0.15, -0.1) is 11.3 Å². The summed E-state index contributed by atoms with van der Waals surface area (Å²) in [6.07, 6.45) is 3.78. The minimum Gasteiger partial charge on any atom is -0.373 e. The second-order valence-corrected chi connectivity index (χ2v) is 7.77. The van der Waals surface area contributed by atoms with Gasteiger partial charge in [0.25, 0.3) is 0 Å². The molecule has 3 N–H and O–H groups in total. The lowest BCUT2D eigenvalue weighted by molar-refractivity contribution is -0.00353. The number of thiophene rings is 1. The Morgan fingerprint density at radius 3 is 2.90 bits per heavy atom. The van der Waals surface area contributed by atoms with Crippen LogP contribution >= 0.6 is 11.3 Å². The van der Waals surface area contributed by atoms with E-state index >= 15 is 0 Å². The third-order valence-electron chi connectivity index (χ3n) is 5.05. The minimum atomic E-state index is -0.0302. The largest absolute Gasteiger partial charge is 0.373 e. The molecule has 0 atom stereocenters. The van der Waals surface area contributed by atoms with Gasteiger partial charge in [0.15, 0.2) is 0 Å². The minimum absolute atomic E-state index is 0.0302. The zero-order chi connectivity index (χ0) is 14.7. The first-order chi connectivity index (χ1) is 10.1. The van der Waals surface area contributed by atoms with Gasteiger partial charge in [0.1, 0.15) is 17.0 Å². The molecule has 0 radical (unpaired) electrons. The van der Waals surface area contributed by atoms with Gasteiger partial charge in [-0.1, -0.05) is 0 Å². The highest BCUT2D eigenvalue weighted by atomic mass is 32.1. The van der Waals surface area contributed by atoms with Crippen LogP contribution in [0, 0.1) is 19.3 Å². The van der Waals surface area contributed by atoms with Crippen molar-refractivity contribution in [3.63, 3.8) is 0 Å². The Balaban J connectivity index is 1.56. The summed E-state index contributed by atoms with van der Waals surface area (Å²) in [7, 11) is 0. The summed E-state index contributed by atoms with van der Waals surface area (Å²) in [6.45, 7) is 6.62. The molecule has 0 amide bonds. The molecule has 2 aliphatic heterocycles. The van der Waals surface area contributed by atoms with Crippen LogP contribution in [0.5, 0.6) is 0 Å². The van der Waals surface area contributed by atoms with Gasteiger partial charge >= 0.3 is 0 Å². The number of nitrogens with zero attached hydrogens (tertiary/aromatic N) is 2. The Bertz CT molecular complexity index is 705. The summed E-state index contributed by atoms with van der Waals surface area (Å²) in [4.78, 5) is 11.2. The van der Waals surface area contributed by atoms with Crippen LogP contribution in [0.2, 0.25) is 0 Å². The summed E-state index contributed by atoms with van der Waals surface area (Å²) in [5.74, 6) is 0.952. The van der Waals surface area contributed by atoms with Gasteiger partial charge in [0.2, 0.25) is 0 Å². The third-order valence-corrected chi connectivity index (χ3v) is 6.16. The molecule has 3 fully saturated rings. The van der Waals surface area contributed by atoms with Gasteiger partial charge in [0, 0.05) is 23.4 Å². The Labute approximate surface area is 127 Å². The quantitative estimate of drug-likeness (QED) is 0.906. The van der Waals surface area contributed by atoms with E-state index in [1.165, 1.54) is 15.8 Å². The highest BCUT2D eigenvalue weighted by Crippen LogP contribution is 2.57. The summed E-state index contributed by atoms with van der Waals surface area (Å²) in [5.41, 5.74) is 7.30. The zero-order valence-electron chi connectivity index (χ0n) is 12.4. The van der Waals surface area contributed by atoms with Crippen LogP contribution in [0.1, 0.15) is 23.3 Å². The van der Waals surface area contributed by atoms with Crippen LogP contribution in [0.4, 0.5) is 5.82 Å². The average molecular weight is 304 g/mol. The summed E-state index contributed by atoms with van der Waals surface area (Å²) < 4.78 is 5.88. The molecular weight excluding hydrogens is 284 g/mol. The van der Waals surface area contributed by atoms with Crippen molar-refractivity contribution < 1.29 is 4.74 Å². The predicted octanol–water partition coefficient (Wildman–Crippen LogP) is 2.23. The summed E-state index contributed by atoms with van der Waals surface area (Å²) in [6, 6.07) is 0. The maximum absolute atomic E-state index is 5.88. The lowest BCUT2D eigenvalue weighted by Crippen LogP contribution is -2.51. The number of aromatic nitrogens is 2. The van der Waals surface area contributed by atoms with Crippen molar-refractivity contribution in [3.8, 4) is 0 Å². The molecule has 112 valence electrons. The molecule has 0 spiro atoms. The van der Waals surface area contributed by atoms with E-state index in [-0.39, 0.29) is 11.0 Å². The van der Waals surface area contributed by atoms with Crippen LogP contribution in [0.15, 0.2) is 6.33 Å². The third kappa shape index (κ3) is 1.89. The van der Waals surface area contributed by atoms with E-state index in [1.807, 2.05) is 0 Å². The van der Waals surface area contributed by atoms with Crippen molar-refractivity contribution in [1.82, 2.24) is 9.97 Å². The van der Waals surface area contributed by atoms with Crippen LogP contribution in [-0.2, 0) is 4.74 Å². The summed E-state index contributed by atoms with van der Waals surface area (Å²) >= 11 is 1.73. The van der Waals surface area contributed by atoms with Gasteiger partial charge in [0.05, 0.1) is 17.6 Å². The number of aryl methyl sites for hydroxylation is 2. The molecule has 1 aliphatic carbocycles. The van der Waals surface area contributed by atoms with Gasteiger partial charge in [-0.05, 0) is 32.3 Å². The predicted molar refractivity (Wildman–Crippen MR) is 84.8 cm³/mol. The van der Waals surface area contributed by atoms with Crippen molar-refractivity contribution >= 4 is 27.4 Å². The number of ether oxygens (including phenoxy) is 1. The number of fused-ring (bicyclic) bond motifs is 2. The highest BCUT2D eigenvalue weighted by Gasteiger charge is 2.61. The first-order valence-electron chi connectivity index (χ1n) is 7.35. The average Bonchev–Trinajstić information content (AvgIpc) is 3.08. The van der Waals surface area contributed by atoms with E-state index < -0.39 is 0 Å². The van der Waals surface area contributed by atoms with Gasteiger partial charge < -0.3 is 15.8 Å². The second kappa shape index (κ2) is 4.38. The fourth-order valence-corrected chi connectivity index (χ4v) is 4.79. The Kier molecular flexibility index (Phi) is 2.80. The SMILES string of the molecule is Cc1sc2ncnc(NCC34COC(CN)(C3)C4)c2c1C. The first-order valence-corrected chi connectivity index (χ1v) is 8.17. The molecule has 4 heterocycles. The Hall–Kier alpha value is -1.24. The van der Waals surface area contributed by atoms with E-state index in [4.69, 9.17) is 10.5 Å². The molecule has 6 heteroatoms. The van der Waals surface area contributed by atoms with Crippen molar-refractivity contribution in [3.05, 3.63) is 16.8 Å². The zero-order valence-corrected chi connectivity index (χ0v) is 13.2. The van der Waals surface area contributed by atoms with Gasteiger partial charge in [-0.25, -0.2) is 9.97 Å². The molecule has 2 aromatic rings. The molecule has 21 heavy (non-hydrogen) atoms. The van der Waals surface area contributed by atoms with Gasteiger partial charge in [-0.2, -0.15) is 0 Å². The molecule has 5 nitrogen and oxygen atoms in total. The van der Waals surface area contributed by atoms with Crippen molar-refractivity contribution in [2.45, 2.75) is 32.3 Å². The van der Waals surface area contributed by atoms with Crippen LogP contribution in [0.3, 0.4) is 0 Å². The smallest absolute Gasteiger partial charge is 0.138 e. The van der Waals surface area contributed by atoms with Crippen molar-refractivity contribution in [1.29, 1.82) is 0 Å². The second-order valence-electron chi connectivity index (χ2n) is 6.57.